The molecule has 1 rings (SSSR count). The SMILES string of the molecule is Cc1onc(NC(=O)OC(C)(C)C)c1S(=O)(=O)Cl. The van der Waals surface area contributed by atoms with E-state index in [0.29, 0.717) is 0 Å². The lowest BCUT2D eigenvalue weighted by Crippen LogP contribution is -2.27. The lowest BCUT2D eigenvalue weighted by Gasteiger charge is -2.19. The van der Waals surface area contributed by atoms with E-state index < -0.39 is 20.7 Å². The first-order valence-corrected chi connectivity index (χ1v) is 7.22. The van der Waals surface area contributed by atoms with Crippen LogP contribution in [-0.4, -0.2) is 25.3 Å². The van der Waals surface area contributed by atoms with E-state index in [-0.39, 0.29) is 16.5 Å². The number of carbonyl (C=O) groups excluding carboxylic acids is 1. The van der Waals surface area contributed by atoms with E-state index in [1.54, 1.807) is 20.8 Å². The van der Waals surface area contributed by atoms with Crippen molar-refractivity contribution in [3.8, 4) is 0 Å². The monoisotopic (exact) mass is 296 g/mol. The zero-order valence-corrected chi connectivity index (χ0v) is 11.8. The van der Waals surface area contributed by atoms with Gasteiger partial charge in [0, 0.05) is 10.7 Å². The Morgan fingerprint density at radius 3 is 2.44 bits per heavy atom. The number of ether oxygens (including phenoxy) is 1. The molecule has 0 aliphatic rings. The third-order valence-electron chi connectivity index (χ3n) is 1.67. The largest absolute Gasteiger partial charge is 0.444 e. The fourth-order valence-electron chi connectivity index (χ4n) is 1.13. The van der Waals surface area contributed by atoms with Crippen molar-refractivity contribution in [1.82, 2.24) is 5.16 Å². The smallest absolute Gasteiger partial charge is 0.413 e. The number of aryl methyl sites for hydroxylation is 1. The van der Waals surface area contributed by atoms with Crippen LogP contribution in [0, 0.1) is 6.92 Å². The van der Waals surface area contributed by atoms with Gasteiger partial charge in [0.05, 0.1) is 0 Å². The van der Waals surface area contributed by atoms with Crippen molar-refractivity contribution in [2.24, 2.45) is 0 Å². The molecule has 0 radical (unpaired) electrons. The molecule has 9 heteroatoms. The standard InChI is InChI=1S/C9H13ClN2O5S/c1-5-6(18(10,14)15)7(12-17-5)11-8(13)16-9(2,3)4/h1-4H3,(H,11,12,13). The number of carbonyl (C=O) groups is 1. The average molecular weight is 297 g/mol. The molecule has 1 N–H and O–H groups in total. The van der Waals surface area contributed by atoms with E-state index in [1.807, 2.05) is 0 Å². The van der Waals surface area contributed by atoms with Crippen LogP contribution in [0.5, 0.6) is 0 Å². The molecule has 0 unspecified atom stereocenters. The lowest BCUT2D eigenvalue weighted by molar-refractivity contribution is 0.0634. The Kier molecular flexibility index (Phi) is 3.92. The van der Waals surface area contributed by atoms with Crippen LogP contribution in [0.1, 0.15) is 26.5 Å². The maximum absolute atomic E-state index is 11.5. The molecule has 0 spiro atoms. The van der Waals surface area contributed by atoms with Crippen molar-refractivity contribution < 1.29 is 22.5 Å². The van der Waals surface area contributed by atoms with Gasteiger partial charge in [0.2, 0.25) is 0 Å². The Morgan fingerprint density at radius 2 is 2.00 bits per heavy atom. The molecule has 0 saturated heterocycles. The third-order valence-corrected chi connectivity index (χ3v) is 3.10. The number of rotatable bonds is 2. The van der Waals surface area contributed by atoms with Crippen molar-refractivity contribution in [3.63, 3.8) is 0 Å². The second-order valence-corrected chi connectivity index (χ2v) is 6.98. The fourth-order valence-corrected chi connectivity index (χ4v) is 2.38. The minimum Gasteiger partial charge on any atom is -0.444 e. The highest BCUT2D eigenvalue weighted by molar-refractivity contribution is 8.13. The summed E-state index contributed by atoms with van der Waals surface area (Å²) in [4.78, 5) is 11.1. The highest BCUT2D eigenvalue weighted by atomic mass is 35.7. The van der Waals surface area contributed by atoms with Gasteiger partial charge in [0.25, 0.3) is 9.05 Å². The second kappa shape index (κ2) is 4.77. The van der Waals surface area contributed by atoms with Crippen LogP contribution in [0.3, 0.4) is 0 Å². The summed E-state index contributed by atoms with van der Waals surface area (Å²) in [5.74, 6) is -0.312. The second-order valence-electron chi connectivity index (χ2n) is 4.48. The summed E-state index contributed by atoms with van der Waals surface area (Å²) in [5.41, 5.74) is -0.719. The molecule has 1 heterocycles. The first kappa shape index (κ1) is 14.8. The lowest BCUT2D eigenvalue weighted by atomic mass is 10.2. The summed E-state index contributed by atoms with van der Waals surface area (Å²) in [6.45, 7) is 6.36. The first-order valence-electron chi connectivity index (χ1n) is 4.91. The molecule has 1 aromatic rings. The van der Waals surface area contributed by atoms with E-state index in [0.717, 1.165) is 0 Å². The van der Waals surface area contributed by atoms with Gasteiger partial charge in [0.1, 0.15) is 5.60 Å². The molecule has 0 fully saturated rings. The number of halogens is 1. The zero-order valence-electron chi connectivity index (χ0n) is 10.3. The van der Waals surface area contributed by atoms with Gasteiger partial charge < -0.3 is 9.26 Å². The normalized spacial score (nSPS) is 12.3. The molecule has 0 bridgehead atoms. The predicted molar refractivity (Wildman–Crippen MR) is 64.1 cm³/mol. The van der Waals surface area contributed by atoms with Gasteiger partial charge in [0.15, 0.2) is 16.5 Å². The van der Waals surface area contributed by atoms with Gasteiger partial charge in [-0.15, -0.1) is 0 Å². The van der Waals surface area contributed by atoms with Crippen molar-refractivity contribution in [1.29, 1.82) is 0 Å². The molecule has 102 valence electrons. The van der Waals surface area contributed by atoms with Crippen molar-refractivity contribution >= 4 is 31.6 Å². The maximum Gasteiger partial charge on any atom is 0.413 e. The van der Waals surface area contributed by atoms with Crippen LogP contribution in [0.2, 0.25) is 0 Å². The van der Waals surface area contributed by atoms with Gasteiger partial charge in [-0.1, -0.05) is 5.16 Å². The van der Waals surface area contributed by atoms with Crippen LogP contribution < -0.4 is 5.32 Å². The van der Waals surface area contributed by atoms with E-state index >= 15 is 0 Å². The van der Waals surface area contributed by atoms with Gasteiger partial charge in [-0.3, -0.25) is 5.32 Å². The number of hydrogen-bond donors (Lipinski definition) is 1. The number of nitrogens with zero attached hydrogens (tertiary/aromatic N) is 1. The molecule has 0 atom stereocenters. The Labute approximate surface area is 109 Å². The van der Waals surface area contributed by atoms with Gasteiger partial charge in [-0.2, -0.15) is 0 Å². The van der Waals surface area contributed by atoms with Crippen molar-refractivity contribution in [2.45, 2.75) is 38.2 Å². The summed E-state index contributed by atoms with van der Waals surface area (Å²) in [5, 5.41) is 5.57. The fraction of sp³-hybridized carbons (Fsp3) is 0.556. The molecule has 1 aromatic heterocycles. The Balaban J connectivity index is 2.97. The molecular weight excluding hydrogens is 284 g/mol. The number of aromatic nitrogens is 1. The predicted octanol–water partition coefficient (Wildman–Crippen LogP) is 2.26. The highest BCUT2D eigenvalue weighted by Crippen LogP contribution is 2.27. The van der Waals surface area contributed by atoms with Gasteiger partial charge >= 0.3 is 6.09 Å². The molecule has 0 aromatic carbocycles. The van der Waals surface area contributed by atoms with Crippen LogP contribution >= 0.6 is 10.7 Å². The number of nitrogens with one attached hydrogen (secondary N) is 1. The zero-order chi connectivity index (χ0) is 14.1. The topological polar surface area (TPSA) is 98.5 Å². The minimum absolute atomic E-state index is 0.0175. The van der Waals surface area contributed by atoms with Crippen LogP contribution in [0.25, 0.3) is 0 Å². The Bertz CT molecular complexity index is 558. The van der Waals surface area contributed by atoms with Crippen LogP contribution in [0.15, 0.2) is 9.42 Å². The number of anilines is 1. The number of hydrogen-bond acceptors (Lipinski definition) is 6. The average Bonchev–Trinajstić information content (AvgIpc) is 2.41. The number of amides is 1. The van der Waals surface area contributed by atoms with E-state index in [1.165, 1.54) is 6.92 Å². The van der Waals surface area contributed by atoms with Crippen LogP contribution in [-0.2, 0) is 13.8 Å². The Morgan fingerprint density at radius 1 is 1.44 bits per heavy atom. The van der Waals surface area contributed by atoms with E-state index in [4.69, 9.17) is 15.4 Å². The Hall–Kier alpha value is -1.28. The van der Waals surface area contributed by atoms with Gasteiger partial charge in [-0.05, 0) is 27.7 Å². The summed E-state index contributed by atoms with van der Waals surface area (Å²) in [6.07, 6.45) is -0.850. The minimum atomic E-state index is -4.06. The van der Waals surface area contributed by atoms with Crippen molar-refractivity contribution in [3.05, 3.63) is 5.76 Å². The quantitative estimate of drug-likeness (QED) is 0.840. The molecule has 18 heavy (non-hydrogen) atoms. The van der Waals surface area contributed by atoms with E-state index in [2.05, 4.69) is 15.0 Å². The van der Waals surface area contributed by atoms with Crippen molar-refractivity contribution in [2.75, 3.05) is 5.32 Å². The molecule has 0 aliphatic heterocycles. The summed E-state index contributed by atoms with van der Waals surface area (Å²) in [6, 6.07) is 0. The first-order chi connectivity index (χ1) is 8.00. The van der Waals surface area contributed by atoms with Crippen LogP contribution in [0.4, 0.5) is 10.6 Å². The molecule has 0 aliphatic carbocycles. The summed E-state index contributed by atoms with van der Waals surface area (Å²) in [7, 11) is 1.14. The highest BCUT2D eigenvalue weighted by Gasteiger charge is 2.27. The maximum atomic E-state index is 11.5. The summed E-state index contributed by atoms with van der Waals surface area (Å²) >= 11 is 0. The van der Waals surface area contributed by atoms with E-state index in [9.17, 15) is 13.2 Å². The third kappa shape index (κ3) is 3.88. The molecule has 0 saturated carbocycles. The van der Waals surface area contributed by atoms with Gasteiger partial charge in [-0.25, -0.2) is 13.2 Å². The molecule has 7 nitrogen and oxygen atoms in total. The molecule has 1 amide bonds. The molecular formula is C9H13ClN2O5S. The summed E-state index contributed by atoms with van der Waals surface area (Å²) < 4.78 is 32.2.